The van der Waals surface area contributed by atoms with Crippen LogP contribution in [0.3, 0.4) is 0 Å². The van der Waals surface area contributed by atoms with Crippen LogP contribution in [0, 0.1) is 0 Å². The highest BCUT2D eigenvalue weighted by Crippen LogP contribution is 2.30. The van der Waals surface area contributed by atoms with Crippen LogP contribution in [0.1, 0.15) is 36.9 Å². The molecule has 0 saturated heterocycles. The molecule has 1 aromatic carbocycles. The van der Waals surface area contributed by atoms with Gasteiger partial charge in [0.25, 0.3) is 0 Å². The van der Waals surface area contributed by atoms with E-state index in [0.717, 1.165) is 29.7 Å². The Morgan fingerprint density at radius 2 is 1.89 bits per heavy atom. The van der Waals surface area contributed by atoms with Crippen molar-refractivity contribution in [2.24, 2.45) is 5.84 Å². The van der Waals surface area contributed by atoms with Crippen LogP contribution in [0.15, 0.2) is 36.4 Å². The SMILES string of the molecule is C=C(CC)CC(NN)c1ccc(C(F)(F)F)cc1. The zero-order valence-corrected chi connectivity index (χ0v) is 10.2. The molecule has 0 aliphatic carbocycles. The average molecular weight is 258 g/mol. The molecule has 100 valence electrons. The second-order valence-corrected chi connectivity index (χ2v) is 4.15. The van der Waals surface area contributed by atoms with E-state index < -0.39 is 11.7 Å². The highest BCUT2D eigenvalue weighted by molar-refractivity contribution is 5.27. The first-order valence-electron chi connectivity index (χ1n) is 5.68. The predicted molar refractivity (Wildman–Crippen MR) is 65.6 cm³/mol. The van der Waals surface area contributed by atoms with E-state index in [1.54, 1.807) is 0 Å². The van der Waals surface area contributed by atoms with E-state index in [-0.39, 0.29) is 6.04 Å². The van der Waals surface area contributed by atoms with Gasteiger partial charge in [0.1, 0.15) is 0 Å². The molecule has 0 spiro atoms. The molecule has 1 aromatic rings. The molecule has 18 heavy (non-hydrogen) atoms. The van der Waals surface area contributed by atoms with Crippen LogP contribution in [0.2, 0.25) is 0 Å². The van der Waals surface area contributed by atoms with Gasteiger partial charge in [0.2, 0.25) is 0 Å². The Kier molecular flexibility index (Phi) is 4.93. The lowest BCUT2D eigenvalue weighted by Crippen LogP contribution is -2.28. The van der Waals surface area contributed by atoms with E-state index in [0.29, 0.717) is 6.42 Å². The number of nitrogens with two attached hydrogens (primary N) is 1. The number of halogens is 3. The maximum Gasteiger partial charge on any atom is 0.416 e. The van der Waals surface area contributed by atoms with Gasteiger partial charge in [-0.3, -0.25) is 11.3 Å². The molecule has 0 radical (unpaired) electrons. The van der Waals surface area contributed by atoms with Crippen LogP contribution in [0.5, 0.6) is 0 Å². The molecular formula is C13H17F3N2. The summed E-state index contributed by atoms with van der Waals surface area (Å²) in [5.74, 6) is 5.42. The van der Waals surface area contributed by atoms with E-state index in [1.807, 2.05) is 6.92 Å². The minimum absolute atomic E-state index is 0.209. The van der Waals surface area contributed by atoms with Crippen molar-refractivity contribution in [1.82, 2.24) is 5.43 Å². The summed E-state index contributed by atoms with van der Waals surface area (Å²) in [6.45, 7) is 5.84. The first kappa shape index (κ1) is 14.7. The molecule has 1 atom stereocenters. The third-order valence-electron chi connectivity index (χ3n) is 2.83. The molecule has 0 aromatic heterocycles. The summed E-state index contributed by atoms with van der Waals surface area (Å²) in [6, 6.07) is 4.80. The summed E-state index contributed by atoms with van der Waals surface area (Å²) in [5, 5.41) is 0. The Morgan fingerprint density at radius 3 is 2.28 bits per heavy atom. The van der Waals surface area contributed by atoms with Crippen molar-refractivity contribution in [3.8, 4) is 0 Å². The van der Waals surface area contributed by atoms with Crippen LogP contribution in [0.25, 0.3) is 0 Å². The zero-order valence-electron chi connectivity index (χ0n) is 10.2. The number of hydrogen-bond acceptors (Lipinski definition) is 2. The normalized spacial score (nSPS) is 13.4. The smallest absolute Gasteiger partial charge is 0.271 e. The lowest BCUT2D eigenvalue weighted by atomic mass is 9.98. The van der Waals surface area contributed by atoms with Gasteiger partial charge in [0.15, 0.2) is 0 Å². The van der Waals surface area contributed by atoms with Crippen LogP contribution >= 0.6 is 0 Å². The standard InChI is InChI=1S/C13H17F3N2/c1-3-9(2)8-12(18-17)10-4-6-11(7-5-10)13(14,15)16/h4-7,12,18H,2-3,8,17H2,1H3. The lowest BCUT2D eigenvalue weighted by Gasteiger charge is -2.18. The summed E-state index contributed by atoms with van der Waals surface area (Å²) >= 11 is 0. The van der Waals surface area contributed by atoms with Gasteiger partial charge in [-0.2, -0.15) is 13.2 Å². The molecule has 1 rings (SSSR count). The van der Waals surface area contributed by atoms with E-state index in [1.165, 1.54) is 12.1 Å². The molecule has 0 heterocycles. The number of hydrogen-bond donors (Lipinski definition) is 2. The van der Waals surface area contributed by atoms with Gasteiger partial charge < -0.3 is 0 Å². The second kappa shape index (κ2) is 6.02. The fourth-order valence-corrected chi connectivity index (χ4v) is 1.61. The van der Waals surface area contributed by atoms with Crippen LogP contribution in [-0.4, -0.2) is 0 Å². The minimum atomic E-state index is -4.31. The molecular weight excluding hydrogens is 241 g/mol. The Balaban J connectivity index is 2.85. The first-order valence-corrected chi connectivity index (χ1v) is 5.68. The Hall–Kier alpha value is -1.33. The van der Waals surface area contributed by atoms with Crippen molar-refractivity contribution in [1.29, 1.82) is 0 Å². The van der Waals surface area contributed by atoms with Crippen molar-refractivity contribution in [2.45, 2.75) is 32.0 Å². The summed E-state index contributed by atoms with van der Waals surface area (Å²) in [7, 11) is 0. The van der Waals surface area contributed by atoms with Gasteiger partial charge in [-0.05, 0) is 30.5 Å². The van der Waals surface area contributed by atoms with Gasteiger partial charge in [-0.1, -0.05) is 31.2 Å². The van der Waals surface area contributed by atoms with Gasteiger partial charge in [0, 0.05) is 6.04 Å². The lowest BCUT2D eigenvalue weighted by molar-refractivity contribution is -0.137. The van der Waals surface area contributed by atoms with Gasteiger partial charge in [-0.25, -0.2) is 0 Å². The molecule has 1 unspecified atom stereocenters. The van der Waals surface area contributed by atoms with Crippen LogP contribution in [0.4, 0.5) is 13.2 Å². The molecule has 0 saturated carbocycles. The number of benzene rings is 1. The average Bonchev–Trinajstić information content (AvgIpc) is 2.34. The molecule has 0 amide bonds. The summed E-state index contributed by atoms with van der Waals surface area (Å²) in [6.07, 6.45) is -2.88. The number of hydrazine groups is 1. The first-order chi connectivity index (χ1) is 8.38. The molecule has 2 nitrogen and oxygen atoms in total. The van der Waals surface area contributed by atoms with E-state index in [9.17, 15) is 13.2 Å². The quantitative estimate of drug-likeness (QED) is 0.481. The van der Waals surface area contributed by atoms with Gasteiger partial charge in [-0.15, -0.1) is 0 Å². The fourth-order valence-electron chi connectivity index (χ4n) is 1.61. The molecule has 0 aliphatic rings. The number of alkyl halides is 3. The van der Waals surface area contributed by atoms with Crippen molar-refractivity contribution in [2.75, 3.05) is 0 Å². The highest BCUT2D eigenvalue weighted by Gasteiger charge is 2.30. The van der Waals surface area contributed by atoms with Gasteiger partial charge >= 0.3 is 6.18 Å². The zero-order chi connectivity index (χ0) is 13.8. The Morgan fingerprint density at radius 1 is 1.33 bits per heavy atom. The van der Waals surface area contributed by atoms with Crippen LogP contribution in [-0.2, 0) is 6.18 Å². The van der Waals surface area contributed by atoms with Gasteiger partial charge in [0.05, 0.1) is 5.56 Å². The maximum absolute atomic E-state index is 12.4. The fraction of sp³-hybridized carbons (Fsp3) is 0.385. The molecule has 0 fully saturated rings. The third kappa shape index (κ3) is 3.85. The summed E-state index contributed by atoms with van der Waals surface area (Å²) < 4.78 is 37.2. The molecule has 3 N–H and O–H groups in total. The number of rotatable bonds is 5. The third-order valence-corrected chi connectivity index (χ3v) is 2.83. The minimum Gasteiger partial charge on any atom is -0.271 e. The maximum atomic E-state index is 12.4. The molecule has 0 bridgehead atoms. The summed E-state index contributed by atoms with van der Waals surface area (Å²) in [4.78, 5) is 0. The molecule has 5 heteroatoms. The summed E-state index contributed by atoms with van der Waals surface area (Å²) in [5.41, 5.74) is 3.66. The predicted octanol–water partition coefficient (Wildman–Crippen LogP) is 3.57. The van der Waals surface area contributed by atoms with E-state index in [4.69, 9.17) is 5.84 Å². The number of nitrogens with one attached hydrogen (secondary N) is 1. The van der Waals surface area contributed by atoms with Crippen molar-refractivity contribution in [3.05, 3.63) is 47.5 Å². The van der Waals surface area contributed by atoms with E-state index in [2.05, 4.69) is 12.0 Å². The monoisotopic (exact) mass is 258 g/mol. The van der Waals surface area contributed by atoms with Crippen molar-refractivity contribution >= 4 is 0 Å². The highest BCUT2D eigenvalue weighted by atomic mass is 19.4. The second-order valence-electron chi connectivity index (χ2n) is 4.15. The largest absolute Gasteiger partial charge is 0.416 e. The van der Waals surface area contributed by atoms with Crippen molar-refractivity contribution < 1.29 is 13.2 Å². The Bertz CT molecular complexity index is 396. The van der Waals surface area contributed by atoms with Crippen molar-refractivity contribution in [3.63, 3.8) is 0 Å². The van der Waals surface area contributed by atoms with Crippen LogP contribution < -0.4 is 11.3 Å². The molecule has 0 aliphatic heterocycles. The van der Waals surface area contributed by atoms with E-state index >= 15 is 0 Å². The Labute approximate surface area is 105 Å². The topological polar surface area (TPSA) is 38.0 Å².